The van der Waals surface area contributed by atoms with Crippen molar-refractivity contribution in [3.63, 3.8) is 0 Å². The maximum absolute atomic E-state index is 13.2. The minimum atomic E-state index is -0.333. The number of anilines is 1. The third-order valence-corrected chi connectivity index (χ3v) is 5.83. The molecule has 0 radical (unpaired) electrons. The highest BCUT2D eigenvalue weighted by atomic mass is 35.5. The summed E-state index contributed by atoms with van der Waals surface area (Å²) in [6, 6.07) is 13.0. The first kappa shape index (κ1) is 21.3. The molecule has 1 aliphatic rings. The number of aryl methyl sites for hydroxylation is 3. The maximum Gasteiger partial charge on any atom is 0.257 e. The van der Waals surface area contributed by atoms with Crippen molar-refractivity contribution >= 4 is 23.2 Å². The van der Waals surface area contributed by atoms with Crippen LogP contribution in [-0.4, -0.2) is 27.2 Å². The van der Waals surface area contributed by atoms with E-state index in [9.17, 15) is 14.7 Å². The Morgan fingerprint density at radius 3 is 2.77 bits per heavy atom. The van der Waals surface area contributed by atoms with E-state index in [2.05, 4.69) is 10.3 Å². The lowest BCUT2D eigenvalue weighted by Crippen LogP contribution is -2.33. The Kier molecular flexibility index (Phi) is 6.20. The predicted molar refractivity (Wildman–Crippen MR) is 122 cm³/mol. The molecule has 0 aliphatic heterocycles. The number of aromatic nitrogens is 2. The van der Waals surface area contributed by atoms with E-state index in [1.165, 1.54) is 15.7 Å². The number of rotatable bonds is 6. The minimum Gasteiger partial charge on any atom is -0.396 e. The largest absolute Gasteiger partial charge is 0.396 e. The van der Waals surface area contributed by atoms with Gasteiger partial charge in [-0.2, -0.15) is 0 Å². The first-order valence-electron chi connectivity index (χ1n) is 10.3. The van der Waals surface area contributed by atoms with Gasteiger partial charge in [-0.25, -0.2) is 4.98 Å². The van der Waals surface area contributed by atoms with Gasteiger partial charge >= 0.3 is 0 Å². The van der Waals surface area contributed by atoms with Gasteiger partial charge in [0.05, 0.1) is 0 Å². The van der Waals surface area contributed by atoms with Crippen molar-refractivity contribution in [3.8, 4) is 11.4 Å². The van der Waals surface area contributed by atoms with Gasteiger partial charge in [0.15, 0.2) is 0 Å². The minimum absolute atomic E-state index is 0.171. The van der Waals surface area contributed by atoms with Crippen LogP contribution in [0.2, 0.25) is 5.02 Å². The summed E-state index contributed by atoms with van der Waals surface area (Å²) in [5.41, 5.74) is 4.56. The van der Waals surface area contributed by atoms with Crippen LogP contribution < -0.4 is 10.9 Å². The number of carbonyl (C=O) groups is 1. The van der Waals surface area contributed by atoms with Gasteiger partial charge in [-0.15, -0.1) is 0 Å². The Morgan fingerprint density at radius 2 is 2.00 bits per heavy atom. The quantitative estimate of drug-likeness (QED) is 0.617. The highest BCUT2D eigenvalue weighted by Crippen LogP contribution is 2.25. The first-order valence-corrected chi connectivity index (χ1v) is 10.7. The summed E-state index contributed by atoms with van der Waals surface area (Å²) in [6.07, 6.45) is 3.40. The van der Waals surface area contributed by atoms with Crippen molar-refractivity contribution in [2.24, 2.45) is 0 Å². The second-order valence-electron chi connectivity index (χ2n) is 7.76. The summed E-state index contributed by atoms with van der Waals surface area (Å²) in [4.78, 5) is 30.6. The molecule has 0 fully saturated rings. The molecule has 2 N–H and O–H groups in total. The van der Waals surface area contributed by atoms with Gasteiger partial charge in [0, 0.05) is 40.6 Å². The molecule has 2 aromatic carbocycles. The summed E-state index contributed by atoms with van der Waals surface area (Å²) in [7, 11) is 0. The number of amides is 1. The fraction of sp³-hybridized carbons (Fsp3) is 0.292. The van der Waals surface area contributed by atoms with Gasteiger partial charge in [0.2, 0.25) is 5.91 Å². The highest BCUT2D eigenvalue weighted by Gasteiger charge is 2.18. The average molecular weight is 438 g/mol. The smallest absolute Gasteiger partial charge is 0.257 e. The van der Waals surface area contributed by atoms with E-state index in [1.54, 1.807) is 31.2 Å². The van der Waals surface area contributed by atoms with E-state index >= 15 is 0 Å². The molecule has 0 saturated heterocycles. The second kappa shape index (κ2) is 9.04. The Balaban J connectivity index is 1.69. The van der Waals surface area contributed by atoms with Gasteiger partial charge in [0.25, 0.3) is 5.56 Å². The molecule has 0 atom stereocenters. The van der Waals surface area contributed by atoms with Crippen molar-refractivity contribution in [1.82, 2.24) is 9.55 Å². The predicted octanol–water partition coefficient (Wildman–Crippen LogP) is 3.53. The number of hydrogen-bond donors (Lipinski definition) is 2. The fourth-order valence-corrected chi connectivity index (χ4v) is 4.28. The zero-order valence-electron chi connectivity index (χ0n) is 17.3. The van der Waals surface area contributed by atoms with Crippen LogP contribution in [0.5, 0.6) is 0 Å². The van der Waals surface area contributed by atoms with E-state index in [1.807, 2.05) is 18.2 Å². The number of hydrogen-bond acceptors (Lipinski definition) is 4. The average Bonchev–Trinajstić information content (AvgIpc) is 3.21. The van der Waals surface area contributed by atoms with Gasteiger partial charge < -0.3 is 10.4 Å². The summed E-state index contributed by atoms with van der Waals surface area (Å²) >= 11 is 6.14. The van der Waals surface area contributed by atoms with Gasteiger partial charge in [-0.1, -0.05) is 29.8 Å². The normalized spacial score (nSPS) is 12.6. The Morgan fingerprint density at radius 1 is 1.19 bits per heavy atom. The molecule has 31 heavy (non-hydrogen) atoms. The lowest BCUT2D eigenvalue weighted by atomic mass is 10.1. The third kappa shape index (κ3) is 4.55. The molecular formula is C24H24ClN3O3. The monoisotopic (exact) mass is 437 g/mol. The molecule has 0 spiro atoms. The number of fused-ring (bicyclic) bond motifs is 1. The molecule has 1 amide bonds. The number of halogens is 1. The van der Waals surface area contributed by atoms with Crippen molar-refractivity contribution < 1.29 is 9.90 Å². The molecule has 0 bridgehead atoms. The zero-order valence-corrected chi connectivity index (χ0v) is 18.1. The zero-order chi connectivity index (χ0) is 22.0. The Bertz CT molecular complexity index is 1200. The van der Waals surface area contributed by atoms with Crippen LogP contribution in [-0.2, 0) is 30.6 Å². The molecule has 1 heterocycles. The number of carbonyl (C=O) groups excluding carboxylic acids is 1. The fourth-order valence-electron chi connectivity index (χ4n) is 4.09. The van der Waals surface area contributed by atoms with Crippen LogP contribution in [0.25, 0.3) is 11.4 Å². The van der Waals surface area contributed by atoms with E-state index < -0.39 is 0 Å². The number of aliphatic hydroxyl groups excluding tert-OH is 1. The molecule has 3 aromatic rings. The molecular weight excluding hydrogens is 414 g/mol. The van der Waals surface area contributed by atoms with Crippen LogP contribution in [0.4, 0.5) is 5.69 Å². The maximum atomic E-state index is 13.2. The molecule has 0 saturated carbocycles. The van der Waals surface area contributed by atoms with E-state index in [0.717, 1.165) is 24.9 Å². The standard InChI is InChI=1S/C24H24ClN3O3/c1-15-21(10-11-29)24(31)28(23(26-15)18-6-3-7-19(25)12-18)14-22(30)27-20-9-8-16-4-2-5-17(16)13-20/h3,6-9,12-13,29H,2,4-5,10-11,14H2,1H3,(H,27,30). The number of benzene rings is 2. The molecule has 1 aromatic heterocycles. The van der Waals surface area contributed by atoms with E-state index in [-0.39, 0.29) is 31.0 Å². The summed E-state index contributed by atoms with van der Waals surface area (Å²) < 4.78 is 1.35. The summed E-state index contributed by atoms with van der Waals surface area (Å²) in [5, 5.41) is 12.8. The Hall–Kier alpha value is -2.96. The van der Waals surface area contributed by atoms with E-state index in [4.69, 9.17) is 11.6 Å². The van der Waals surface area contributed by atoms with Crippen molar-refractivity contribution in [2.45, 2.75) is 39.2 Å². The lowest BCUT2D eigenvalue weighted by molar-refractivity contribution is -0.116. The molecule has 0 unspecified atom stereocenters. The van der Waals surface area contributed by atoms with E-state index in [0.29, 0.717) is 27.7 Å². The molecule has 160 valence electrons. The van der Waals surface area contributed by atoms with Crippen LogP contribution in [0.15, 0.2) is 47.3 Å². The topological polar surface area (TPSA) is 84.2 Å². The summed E-state index contributed by atoms with van der Waals surface area (Å²) in [6.45, 7) is 1.37. The molecule has 6 nitrogen and oxygen atoms in total. The Labute approximate surface area is 185 Å². The molecule has 4 rings (SSSR count). The van der Waals surface area contributed by atoms with Crippen LogP contribution in [0, 0.1) is 6.92 Å². The van der Waals surface area contributed by atoms with Crippen molar-refractivity contribution in [3.05, 3.63) is 80.2 Å². The highest BCUT2D eigenvalue weighted by molar-refractivity contribution is 6.30. The second-order valence-corrected chi connectivity index (χ2v) is 8.20. The molecule has 1 aliphatic carbocycles. The van der Waals surface area contributed by atoms with Gasteiger partial charge in [-0.3, -0.25) is 14.2 Å². The van der Waals surface area contributed by atoms with Gasteiger partial charge in [0.1, 0.15) is 12.4 Å². The third-order valence-electron chi connectivity index (χ3n) is 5.60. The van der Waals surface area contributed by atoms with Crippen molar-refractivity contribution in [2.75, 3.05) is 11.9 Å². The number of nitrogens with one attached hydrogen (secondary N) is 1. The van der Waals surface area contributed by atoms with Gasteiger partial charge in [-0.05, 0) is 61.6 Å². The first-order chi connectivity index (χ1) is 15.0. The SMILES string of the molecule is Cc1nc(-c2cccc(Cl)c2)n(CC(=O)Nc2ccc3c(c2)CCC3)c(=O)c1CCO. The van der Waals surface area contributed by atoms with Crippen LogP contribution in [0.3, 0.4) is 0 Å². The van der Waals surface area contributed by atoms with Crippen LogP contribution in [0.1, 0.15) is 28.8 Å². The van der Waals surface area contributed by atoms with Crippen molar-refractivity contribution in [1.29, 1.82) is 0 Å². The molecule has 7 heteroatoms. The lowest BCUT2D eigenvalue weighted by Gasteiger charge is -2.16. The van der Waals surface area contributed by atoms with Crippen LogP contribution >= 0.6 is 11.6 Å². The summed E-state index contributed by atoms with van der Waals surface area (Å²) in [5.74, 6) is 0.0553. The number of aliphatic hydroxyl groups is 1. The number of nitrogens with zero attached hydrogens (tertiary/aromatic N) is 2.